The molecule has 5 fully saturated rings. The lowest BCUT2D eigenvalue weighted by atomic mass is 9.43. The lowest BCUT2D eigenvalue weighted by Gasteiger charge is -2.63. The zero-order valence-electron chi connectivity index (χ0n) is 27.8. The molecule has 7 rings (SSSR count). The van der Waals surface area contributed by atoms with E-state index in [-0.39, 0.29) is 46.5 Å². The maximum absolute atomic E-state index is 13.3. The maximum Gasteiger partial charge on any atom is 0.410 e. The third kappa shape index (κ3) is 5.62. The third-order valence-electron chi connectivity index (χ3n) is 13.2. The summed E-state index contributed by atoms with van der Waals surface area (Å²) in [4.78, 5) is 39.8. The lowest BCUT2D eigenvalue weighted by Crippen LogP contribution is -2.62. The van der Waals surface area contributed by atoms with E-state index in [0.717, 1.165) is 68.2 Å². The van der Waals surface area contributed by atoms with E-state index in [1.165, 1.54) is 25.1 Å². The monoisotopic (exact) mass is 664 g/mol. The Bertz CT molecular complexity index is 1540. The van der Waals surface area contributed by atoms with Gasteiger partial charge in [0.25, 0.3) is 0 Å². The minimum absolute atomic E-state index is 0.0722. The Kier molecular flexibility index (Phi) is 8.75. The summed E-state index contributed by atoms with van der Waals surface area (Å²) in [6.07, 6.45) is 9.92. The van der Waals surface area contributed by atoms with Crippen LogP contribution in [-0.4, -0.2) is 71.4 Å². The smallest absolute Gasteiger partial charge is 0.410 e. The molecule has 5 aliphatic rings. The molecule has 4 aliphatic carbocycles. The molecule has 1 aliphatic heterocycles. The summed E-state index contributed by atoms with van der Waals surface area (Å²) >= 11 is 1.53. The summed E-state index contributed by atoms with van der Waals surface area (Å²) < 4.78 is 18.5. The topological polar surface area (TPSA) is 110 Å². The number of piperazine rings is 1. The first-order valence-corrected chi connectivity index (χ1v) is 18.2. The van der Waals surface area contributed by atoms with Gasteiger partial charge in [0.15, 0.2) is 0 Å². The molecular weight excluding hydrogens is 616 g/mol. The number of hydrogen-bond donors (Lipinski definition) is 1. The van der Waals surface area contributed by atoms with E-state index in [1.807, 2.05) is 29.2 Å². The highest BCUT2D eigenvalue weighted by Gasteiger charge is 2.67. The van der Waals surface area contributed by atoms with Crippen LogP contribution < -0.4 is 5.63 Å². The predicted molar refractivity (Wildman–Crippen MR) is 178 cm³/mol. The number of nitrogens with zero attached hydrogens (tertiary/aromatic N) is 2. The van der Waals surface area contributed by atoms with Crippen LogP contribution in [0.5, 0.6) is 0 Å². The van der Waals surface area contributed by atoms with Gasteiger partial charge in [0.2, 0.25) is 0 Å². The lowest BCUT2D eigenvalue weighted by molar-refractivity contribution is -0.205. The Labute approximate surface area is 281 Å². The van der Waals surface area contributed by atoms with E-state index in [2.05, 4.69) is 18.2 Å². The van der Waals surface area contributed by atoms with Gasteiger partial charge in [-0.2, -0.15) is 0 Å². The van der Waals surface area contributed by atoms with Gasteiger partial charge < -0.3 is 23.9 Å². The molecule has 1 N–H and O–H groups in total. The number of hydrogen-bond acceptors (Lipinski definition) is 9. The summed E-state index contributed by atoms with van der Waals surface area (Å²) in [6.45, 7) is 7.26. The van der Waals surface area contributed by atoms with Gasteiger partial charge in [0.1, 0.15) is 6.10 Å². The molecule has 9 nitrogen and oxygen atoms in total. The summed E-state index contributed by atoms with van der Waals surface area (Å²) in [7, 11) is 1.39. The number of fused-ring (bicyclic) bond motifs is 5. The van der Waals surface area contributed by atoms with E-state index >= 15 is 0 Å². The highest BCUT2D eigenvalue weighted by molar-refractivity contribution is 7.97. The molecule has 1 saturated heterocycles. The van der Waals surface area contributed by atoms with Gasteiger partial charge in [-0.15, -0.1) is 0 Å². The van der Waals surface area contributed by atoms with Gasteiger partial charge in [-0.1, -0.05) is 26.0 Å². The van der Waals surface area contributed by atoms with Crippen molar-refractivity contribution in [2.75, 3.05) is 33.3 Å². The van der Waals surface area contributed by atoms with Gasteiger partial charge >= 0.3 is 17.7 Å². The van der Waals surface area contributed by atoms with Crippen LogP contribution in [-0.2, 0) is 9.47 Å². The fourth-order valence-electron chi connectivity index (χ4n) is 10.5. The minimum atomic E-state index is -0.726. The summed E-state index contributed by atoms with van der Waals surface area (Å²) in [5.41, 5.74) is 0.414. The van der Waals surface area contributed by atoms with Crippen LogP contribution in [0.25, 0.3) is 0 Å². The highest BCUT2D eigenvalue weighted by Crippen LogP contribution is 2.70. The number of ether oxygens (including phenoxy) is 2. The van der Waals surface area contributed by atoms with Gasteiger partial charge in [0, 0.05) is 42.6 Å². The number of carbonyl (C=O) groups excluding carboxylic acids is 2. The first-order chi connectivity index (χ1) is 22.6. The molecule has 1 aromatic heterocycles. The van der Waals surface area contributed by atoms with Crippen LogP contribution in [0.2, 0.25) is 0 Å². The fraction of sp³-hybridized carbons (Fsp3) is 0.649. The summed E-state index contributed by atoms with van der Waals surface area (Å²) in [5, 5.41) is 12.5. The summed E-state index contributed by atoms with van der Waals surface area (Å²) in [5.74, 6) is 1.04. The zero-order valence-corrected chi connectivity index (χ0v) is 28.6. The van der Waals surface area contributed by atoms with Crippen molar-refractivity contribution in [3.8, 4) is 0 Å². The van der Waals surface area contributed by atoms with Crippen molar-refractivity contribution in [3.63, 3.8) is 0 Å². The number of amides is 1. The van der Waals surface area contributed by atoms with Crippen LogP contribution >= 0.6 is 11.9 Å². The molecule has 47 heavy (non-hydrogen) atoms. The largest absolute Gasteiger partial charge is 0.465 e. The van der Waals surface area contributed by atoms with Gasteiger partial charge in [-0.05, 0) is 123 Å². The number of aliphatic hydroxyl groups is 1. The van der Waals surface area contributed by atoms with Gasteiger partial charge in [-0.25, -0.2) is 18.7 Å². The Balaban J connectivity index is 0.945. The number of esters is 1. The molecule has 1 amide bonds. The van der Waals surface area contributed by atoms with Gasteiger partial charge in [0.05, 0.1) is 24.5 Å². The standard InChI is InChI=1S/C37H48N2O7S/c1-35-15-12-26(46-34(42)38-18-20-39(21-19-38)47-31-7-5-4-6-27(31)33(41)44-3)22-25(35)9-10-30-29(35)13-16-36(2)28(14-17-37(30,36)43)24-8-11-32(40)45-23-24/h4-8,11,23,25-26,28-30,43H,9-10,12-22H2,1-3H3. The molecule has 8 atom stereocenters. The normalized spacial score (nSPS) is 36.9. The first-order valence-electron chi connectivity index (χ1n) is 17.4. The second kappa shape index (κ2) is 12.6. The molecule has 10 heteroatoms. The van der Waals surface area contributed by atoms with Crippen LogP contribution in [0.15, 0.2) is 56.8 Å². The average molecular weight is 665 g/mol. The van der Waals surface area contributed by atoms with Crippen molar-refractivity contribution in [1.82, 2.24) is 9.21 Å². The van der Waals surface area contributed by atoms with Crippen molar-refractivity contribution in [1.29, 1.82) is 0 Å². The Hall–Kier alpha value is -2.82. The molecule has 2 aromatic rings. The highest BCUT2D eigenvalue weighted by atomic mass is 32.2. The Morgan fingerprint density at radius 3 is 2.47 bits per heavy atom. The van der Waals surface area contributed by atoms with Crippen LogP contribution in [0.4, 0.5) is 4.79 Å². The van der Waals surface area contributed by atoms with E-state index in [1.54, 1.807) is 12.3 Å². The molecule has 254 valence electrons. The Morgan fingerprint density at radius 2 is 1.72 bits per heavy atom. The van der Waals surface area contributed by atoms with Gasteiger partial charge in [-0.3, -0.25) is 0 Å². The van der Waals surface area contributed by atoms with Crippen molar-refractivity contribution < 1.29 is 28.6 Å². The second-order valence-electron chi connectivity index (χ2n) is 15.1. The van der Waals surface area contributed by atoms with Crippen molar-refractivity contribution >= 4 is 24.0 Å². The van der Waals surface area contributed by atoms with E-state index in [9.17, 15) is 19.5 Å². The summed E-state index contributed by atoms with van der Waals surface area (Å²) in [6, 6.07) is 10.8. The molecule has 8 unspecified atom stereocenters. The number of benzene rings is 1. The minimum Gasteiger partial charge on any atom is -0.465 e. The fourth-order valence-corrected chi connectivity index (χ4v) is 11.6. The molecule has 1 aromatic carbocycles. The van der Waals surface area contributed by atoms with Crippen molar-refractivity contribution in [3.05, 3.63) is 64.2 Å². The third-order valence-corrected chi connectivity index (χ3v) is 14.4. The van der Waals surface area contributed by atoms with Crippen molar-refractivity contribution in [2.24, 2.45) is 28.6 Å². The van der Waals surface area contributed by atoms with E-state index in [4.69, 9.17) is 13.9 Å². The number of rotatable bonds is 5. The molecular formula is C37H48N2O7S. The van der Waals surface area contributed by atoms with E-state index < -0.39 is 5.60 Å². The molecule has 2 heterocycles. The number of carbonyl (C=O) groups is 2. The SMILES string of the molecule is COC(=O)c1ccccc1SN1CCN(C(=O)OC2CCC3(C)C(CCC4C3CCC3(C)C(c5ccc(=O)oc5)CCC43O)C2)CC1. The van der Waals surface area contributed by atoms with Crippen LogP contribution in [0.1, 0.15) is 93.5 Å². The molecule has 0 bridgehead atoms. The zero-order chi connectivity index (χ0) is 33.0. The van der Waals surface area contributed by atoms with Crippen LogP contribution in [0, 0.1) is 28.6 Å². The van der Waals surface area contributed by atoms with Crippen molar-refractivity contribution in [2.45, 2.75) is 94.2 Å². The number of methoxy groups -OCH3 is 1. The first kappa shape index (κ1) is 32.7. The van der Waals surface area contributed by atoms with Crippen LogP contribution in [0.3, 0.4) is 0 Å². The maximum atomic E-state index is 13.3. The molecule has 0 radical (unpaired) electrons. The second-order valence-corrected chi connectivity index (χ2v) is 16.3. The average Bonchev–Trinajstić information content (AvgIpc) is 3.36. The Morgan fingerprint density at radius 1 is 0.936 bits per heavy atom. The predicted octanol–water partition coefficient (Wildman–Crippen LogP) is 6.50. The quantitative estimate of drug-likeness (QED) is 0.283. The molecule has 0 spiro atoms. The van der Waals surface area contributed by atoms with E-state index in [0.29, 0.717) is 43.6 Å². The molecule has 4 saturated carbocycles.